The highest BCUT2D eigenvalue weighted by Crippen LogP contribution is 2.37. The monoisotopic (exact) mass is 270 g/mol. The Hall–Kier alpha value is -2.14. The topological polar surface area (TPSA) is 73.1 Å². The van der Waals surface area contributed by atoms with E-state index in [0.29, 0.717) is 12.4 Å². The molecule has 3 N–H and O–H groups in total. The van der Waals surface area contributed by atoms with Crippen LogP contribution in [0.5, 0.6) is 5.75 Å². The van der Waals surface area contributed by atoms with Crippen LogP contribution in [0.15, 0.2) is 24.3 Å². The molecule has 0 spiro atoms. The van der Waals surface area contributed by atoms with E-state index in [1.54, 1.807) is 0 Å². The van der Waals surface area contributed by atoms with Crippen molar-refractivity contribution in [3.05, 3.63) is 46.9 Å². The zero-order chi connectivity index (χ0) is 14.1. The fraction of sp³-hybridized carbons (Fsp3) is 0.333. The minimum Gasteiger partial charge on any atom is -0.492 e. The molecular weight excluding hydrogens is 252 g/mol. The molecule has 2 heterocycles. The van der Waals surface area contributed by atoms with Crippen molar-refractivity contribution in [1.82, 2.24) is 9.97 Å². The lowest BCUT2D eigenvalue weighted by Gasteiger charge is -2.14. The Balaban J connectivity index is 2.08. The van der Waals surface area contributed by atoms with Crippen molar-refractivity contribution in [3.63, 3.8) is 0 Å². The third kappa shape index (κ3) is 2.00. The smallest absolute Gasteiger partial charge is 0.146 e. The molecule has 0 saturated carbocycles. The van der Waals surface area contributed by atoms with Crippen LogP contribution < -0.4 is 16.0 Å². The van der Waals surface area contributed by atoms with Gasteiger partial charge in [0.05, 0.1) is 5.92 Å². The molecule has 1 aliphatic rings. The van der Waals surface area contributed by atoms with E-state index in [0.717, 1.165) is 34.8 Å². The fourth-order valence-corrected chi connectivity index (χ4v) is 2.60. The molecule has 0 radical (unpaired) electrons. The maximum absolute atomic E-state index is 5.71. The van der Waals surface area contributed by atoms with Crippen molar-refractivity contribution < 1.29 is 4.74 Å². The van der Waals surface area contributed by atoms with Crippen LogP contribution in [0.25, 0.3) is 0 Å². The van der Waals surface area contributed by atoms with Crippen molar-refractivity contribution in [2.75, 3.05) is 12.0 Å². The second-order valence-electron chi connectivity index (χ2n) is 4.90. The van der Waals surface area contributed by atoms with Gasteiger partial charge in [-0.05, 0) is 19.4 Å². The number of ether oxygens (including phenoxy) is 1. The number of fused-ring (bicyclic) bond motifs is 1. The van der Waals surface area contributed by atoms with E-state index in [-0.39, 0.29) is 5.92 Å². The Morgan fingerprint density at radius 1 is 1.35 bits per heavy atom. The van der Waals surface area contributed by atoms with Gasteiger partial charge < -0.3 is 10.2 Å². The number of aryl methyl sites for hydroxylation is 1. The summed E-state index contributed by atoms with van der Waals surface area (Å²) in [5.41, 5.74) is 5.83. The summed E-state index contributed by atoms with van der Waals surface area (Å²) in [6.45, 7) is 4.64. The van der Waals surface area contributed by atoms with Crippen molar-refractivity contribution in [2.45, 2.75) is 26.2 Å². The van der Waals surface area contributed by atoms with Gasteiger partial charge in [0.1, 0.15) is 24.0 Å². The Bertz CT molecular complexity index is 617. The number of hydrazine groups is 1. The molecule has 20 heavy (non-hydrogen) atoms. The summed E-state index contributed by atoms with van der Waals surface area (Å²) >= 11 is 0. The Morgan fingerprint density at radius 2 is 2.15 bits per heavy atom. The standard InChI is InChI=1S/C15H18N4O/c1-3-12-9(2)14(19-16)18-15(17-12)11-8-20-13-7-5-4-6-10(11)13/h4-7,11H,3,8,16H2,1-2H3,(H,17,18,19). The number of nitrogen functional groups attached to an aromatic ring is 1. The van der Waals surface area contributed by atoms with Gasteiger partial charge in [0.2, 0.25) is 0 Å². The zero-order valence-electron chi connectivity index (χ0n) is 11.7. The highest BCUT2D eigenvalue weighted by atomic mass is 16.5. The number of anilines is 1. The highest BCUT2D eigenvalue weighted by Gasteiger charge is 2.28. The largest absolute Gasteiger partial charge is 0.492 e. The Kier molecular flexibility index (Phi) is 3.28. The molecule has 1 aliphatic heterocycles. The average Bonchev–Trinajstić information content (AvgIpc) is 2.91. The van der Waals surface area contributed by atoms with E-state index in [4.69, 9.17) is 15.6 Å². The molecule has 0 aliphatic carbocycles. The van der Waals surface area contributed by atoms with Crippen LogP contribution in [0.4, 0.5) is 5.82 Å². The molecule has 0 bridgehead atoms. The van der Waals surface area contributed by atoms with E-state index >= 15 is 0 Å². The summed E-state index contributed by atoms with van der Waals surface area (Å²) < 4.78 is 5.71. The van der Waals surface area contributed by atoms with Crippen molar-refractivity contribution in [1.29, 1.82) is 0 Å². The van der Waals surface area contributed by atoms with E-state index in [9.17, 15) is 0 Å². The second-order valence-corrected chi connectivity index (χ2v) is 4.90. The zero-order valence-corrected chi connectivity index (χ0v) is 11.7. The first kappa shape index (κ1) is 12.9. The fourth-order valence-electron chi connectivity index (χ4n) is 2.60. The van der Waals surface area contributed by atoms with Gasteiger partial charge in [0, 0.05) is 16.8 Å². The van der Waals surface area contributed by atoms with Gasteiger partial charge in [-0.15, -0.1) is 0 Å². The molecule has 1 atom stereocenters. The van der Waals surface area contributed by atoms with Gasteiger partial charge in [0.15, 0.2) is 0 Å². The molecule has 3 rings (SSSR count). The average molecular weight is 270 g/mol. The van der Waals surface area contributed by atoms with E-state index in [1.807, 2.05) is 25.1 Å². The number of para-hydroxylation sites is 1. The van der Waals surface area contributed by atoms with Crippen molar-refractivity contribution in [3.8, 4) is 5.75 Å². The maximum atomic E-state index is 5.71. The molecule has 5 heteroatoms. The molecule has 1 aromatic heterocycles. The molecule has 104 valence electrons. The lowest BCUT2D eigenvalue weighted by Crippen LogP contribution is -2.16. The maximum Gasteiger partial charge on any atom is 0.146 e. The number of nitrogens with one attached hydrogen (secondary N) is 1. The number of benzene rings is 1. The lowest BCUT2D eigenvalue weighted by molar-refractivity contribution is 0.339. The summed E-state index contributed by atoms with van der Waals surface area (Å²) in [7, 11) is 0. The van der Waals surface area contributed by atoms with Gasteiger partial charge in [-0.1, -0.05) is 25.1 Å². The molecule has 2 aromatic rings. The van der Waals surface area contributed by atoms with E-state index in [1.165, 1.54) is 0 Å². The van der Waals surface area contributed by atoms with Gasteiger partial charge in [0.25, 0.3) is 0 Å². The number of nitrogens with two attached hydrogens (primary N) is 1. The van der Waals surface area contributed by atoms with Gasteiger partial charge in [-0.3, -0.25) is 0 Å². The number of hydrogen-bond acceptors (Lipinski definition) is 5. The van der Waals surface area contributed by atoms with Gasteiger partial charge >= 0.3 is 0 Å². The quantitative estimate of drug-likeness (QED) is 0.660. The minimum atomic E-state index is 0.0733. The van der Waals surface area contributed by atoms with Crippen LogP contribution in [0, 0.1) is 6.92 Å². The molecule has 1 unspecified atom stereocenters. The summed E-state index contributed by atoms with van der Waals surface area (Å²) in [6.07, 6.45) is 0.852. The predicted molar refractivity (Wildman–Crippen MR) is 77.7 cm³/mol. The van der Waals surface area contributed by atoms with Gasteiger partial charge in [-0.2, -0.15) is 0 Å². The summed E-state index contributed by atoms with van der Waals surface area (Å²) in [4.78, 5) is 9.25. The van der Waals surface area contributed by atoms with Crippen molar-refractivity contribution >= 4 is 5.82 Å². The summed E-state index contributed by atoms with van der Waals surface area (Å²) in [5.74, 6) is 8.02. The van der Waals surface area contributed by atoms with Crippen LogP contribution >= 0.6 is 0 Å². The normalized spacial score (nSPS) is 16.6. The molecule has 0 amide bonds. The third-order valence-corrected chi connectivity index (χ3v) is 3.75. The number of nitrogens with zero attached hydrogens (tertiary/aromatic N) is 2. The van der Waals surface area contributed by atoms with Gasteiger partial charge in [-0.25, -0.2) is 15.8 Å². The molecule has 5 nitrogen and oxygen atoms in total. The first-order chi connectivity index (χ1) is 9.74. The predicted octanol–water partition coefficient (Wildman–Crippen LogP) is 2.16. The van der Waals surface area contributed by atoms with E-state index < -0.39 is 0 Å². The minimum absolute atomic E-state index is 0.0733. The molecule has 0 saturated heterocycles. The Labute approximate surface area is 118 Å². The number of rotatable bonds is 3. The van der Waals surface area contributed by atoms with Crippen LogP contribution in [0.2, 0.25) is 0 Å². The first-order valence-corrected chi connectivity index (χ1v) is 6.80. The van der Waals surface area contributed by atoms with Crippen LogP contribution in [0.1, 0.15) is 35.5 Å². The third-order valence-electron chi connectivity index (χ3n) is 3.75. The van der Waals surface area contributed by atoms with Crippen LogP contribution in [0.3, 0.4) is 0 Å². The summed E-state index contributed by atoms with van der Waals surface area (Å²) in [6, 6.07) is 8.03. The SMILES string of the molecule is CCc1nc(C2COc3ccccc32)nc(NN)c1C. The number of hydrogen-bond donors (Lipinski definition) is 2. The highest BCUT2D eigenvalue weighted by molar-refractivity contribution is 5.48. The second kappa shape index (κ2) is 5.09. The van der Waals surface area contributed by atoms with E-state index in [2.05, 4.69) is 23.4 Å². The van der Waals surface area contributed by atoms with Crippen LogP contribution in [-0.2, 0) is 6.42 Å². The van der Waals surface area contributed by atoms with Crippen LogP contribution in [-0.4, -0.2) is 16.6 Å². The molecular formula is C15H18N4O. The summed E-state index contributed by atoms with van der Waals surface area (Å²) in [5, 5.41) is 0. The van der Waals surface area contributed by atoms with Crippen molar-refractivity contribution in [2.24, 2.45) is 5.84 Å². The number of aromatic nitrogens is 2. The Morgan fingerprint density at radius 3 is 2.90 bits per heavy atom. The lowest BCUT2D eigenvalue weighted by atomic mass is 10.00. The molecule has 0 fully saturated rings. The first-order valence-electron chi connectivity index (χ1n) is 6.80. The molecule has 1 aromatic carbocycles.